The molecule has 0 spiro atoms. The molecule has 6 nitrogen and oxygen atoms in total. The topological polar surface area (TPSA) is 75.4 Å². The Hall–Kier alpha value is -1.85. The fourth-order valence-electron chi connectivity index (χ4n) is 2.82. The molecule has 1 atom stereocenters. The summed E-state index contributed by atoms with van der Waals surface area (Å²) in [6, 6.07) is 1.96. The van der Waals surface area contributed by atoms with E-state index in [1.807, 2.05) is 19.9 Å². The maximum absolute atomic E-state index is 12.3. The van der Waals surface area contributed by atoms with Crippen molar-refractivity contribution in [3.8, 4) is 0 Å². The summed E-state index contributed by atoms with van der Waals surface area (Å²) < 4.78 is 1.79. The monoisotopic (exact) mass is 279 g/mol. The van der Waals surface area contributed by atoms with E-state index in [0.29, 0.717) is 19.5 Å². The molecule has 1 aliphatic rings. The Morgan fingerprint density at radius 1 is 1.45 bits per heavy atom. The number of aryl methyl sites for hydroxylation is 3. The van der Waals surface area contributed by atoms with Crippen LogP contribution in [0.15, 0.2) is 6.07 Å². The van der Waals surface area contributed by atoms with Gasteiger partial charge in [-0.05, 0) is 39.7 Å². The van der Waals surface area contributed by atoms with Gasteiger partial charge in [0.05, 0.1) is 5.69 Å². The quantitative estimate of drug-likeness (QED) is 0.903. The summed E-state index contributed by atoms with van der Waals surface area (Å²) >= 11 is 0. The number of likely N-dealkylation sites (tertiary alicyclic amines) is 1. The smallest absolute Gasteiger partial charge is 0.329 e. The summed E-state index contributed by atoms with van der Waals surface area (Å²) in [6.45, 7) is 6.50. The number of aliphatic carboxylic acids is 1. The number of carboxylic acids is 1. The first-order valence-electron chi connectivity index (χ1n) is 6.89. The Morgan fingerprint density at radius 2 is 2.15 bits per heavy atom. The molecule has 0 aromatic carbocycles. The van der Waals surface area contributed by atoms with Crippen molar-refractivity contribution in [2.45, 2.75) is 52.1 Å². The fraction of sp³-hybridized carbons (Fsp3) is 0.643. The Labute approximate surface area is 118 Å². The molecule has 6 heteroatoms. The van der Waals surface area contributed by atoms with Crippen LogP contribution in [0.4, 0.5) is 0 Å². The minimum atomic E-state index is -1.05. The van der Waals surface area contributed by atoms with Crippen LogP contribution in [0.3, 0.4) is 0 Å². The van der Waals surface area contributed by atoms with Crippen molar-refractivity contribution in [1.29, 1.82) is 0 Å². The van der Waals surface area contributed by atoms with Crippen molar-refractivity contribution < 1.29 is 14.7 Å². The highest BCUT2D eigenvalue weighted by atomic mass is 16.4. The lowest BCUT2D eigenvalue weighted by Gasteiger charge is -2.31. The van der Waals surface area contributed by atoms with Gasteiger partial charge in [-0.2, -0.15) is 5.10 Å². The summed E-state index contributed by atoms with van der Waals surface area (Å²) in [5.74, 6) is -1.03. The van der Waals surface area contributed by atoms with E-state index >= 15 is 0 Å². The predicted molar refractivity (Wildman–Crippen MR) is 73.3 cm³/mol. The van der Waals surface area contributed by atoms with Crippen LogP contribution in [0.2, 0.25) is 0 Å². The Morgan fingerprint density at radius 3 is 2.70 bits per heavy atom. The van der Waals surface area contributed by atoms with Gasteiger partial charge in [0.1, 0.15) is 5.54 Å². The van der Waals surface area contributed by atoms with Crippen LogP contribution in [-0.2, 0) is 16.1 Å². The summed E-state index contributed by atoms with van der Waals surface area (Å²) in [6.07, 6.45) is 1.55. The lowest BCUT2D eigenvalue weighted by atomic mass is 9.99. The lowest BCUT2D eigenvalue weighted by molar-refractivity contribution is -0.155. The van der Waals surface area contributed by atoms with Gasteiger partial charge in [0.2, 0.25) is 5.91 Å². The minimum absolute atomic E-state index is 0.111. The molecule has 1 amide bonds. The fourth-order valence-corrected chi connectivity index (χ4v) is 2.82. The molecular weight excluding hydrogens is 258 g/mol. The molecule has 0 radical (unpaired) electrons. The summed E-state index contributed by atoms with van der Waals surface area (Å²) in [5, 5.41) is 13.6. The molecule has 2 heterocycles. The minimum Gasteiger partial charge on any atom is -0.480 e. The number of rotatable bonds is 4. The Bertz CT molecular complexity index is 538. The standard InChI is InChI=1S/C14H21N3O3/c1-10-9-11(2)17(15-10)8-5-12(18)16-7-4-6-14(16,3)13(19)20/h9H,4-8H2,1-3H3,(H,19,20). The van der Waals surface area contributed by atoms with Crippen molar-refractivity contribution >= 4 is 11.9 Å². The zero-order valence-electron chi connectivity index (χ0n) is 12.2. The van der Waals surface area contributed by atoms with E-state index in [0.717, 1.165) is 17.8 Å². The number of amides is 1. The molecule has 20 heavy (non-hydrogen) atoms. The normalized spacial score (nSPS) is 22.2. The SMILES string of the molecule is Cc1cc(C)n(CCC(=O)N2CCCC2(C)C(=O)O)n1. The van der Waals surface area contributed by atoms with Crippen LogP contribution in [-0.4, -0.2) is 43.7 Å². The number of carbonyl (C=O) groups excluding carboxylic acids is 1. The van der Waals surface area contributed by atoms with E-state index in [-0.39, 0.29) is 12.3 Å². The summed E-state index contributed by atoms with van der Waals surface area (Å²) in [5.41, 5.74) is 0.885. The number of hydrogen-bond acceptors (Lipinski definition) is 3. The van der Waals surface area contributed by atoms with Gasteiger partial charge in [-0.15, -0.1) is 0 Å². The molecule has 1 aromatic heterocycles. The van der Waals surface area contributed by atoms with E-state index in [1.54, 1.807) is 11.6 Å². The number of hydrogen-bond donors (Lipinski definition) is 1. The molecule has 1 fully saturated rings. The van der Waals surface area contributed by atoms with Gasteiger partial charge in [0.25, 0.3) is 0 Å². The van der Waals surface area contributed by atoms with E-state index < -0.39 is 11.5 Å². The number of carboxylic acid groups (broad SMARTS) is 1. The van der Waals surface area contributed by atoms with Crippen LogP contribution in [0.5, 0.6) is 0 Å². The molecule has 1 saturated heterocycles. The second-order valence-electron chi connectivity index (χ2n) is 5.63. The number of nitrogens with zero attached hydrogens (tertiary/aromatic N) is 3. The van der Waals surface area contributed by atoms with Gasteiger partial charge in [-0.1, -0.05) is 0 Å². The highest BCUT2D eigenvalue weighted by Gasteiger charge is 2.45. The molecule has 0 bridgehead atoms. The van der Waals surface area contributed by atoms with Crippen molar-refractivity contribution in [3.05, 3.63) is 17.5 Å². The number of aromatic nitrogens is 2. The van der Waals surface area contributed by atoms with Crippen molar-refractivity contribution in [2.75, 3.05) is 6.54 Å². The van der Waals surface area contributed by atoms with Crippen LogP contribution >= 0.6 is 0 Å². The van der Waals surface area contributed by atoms with Crippen molar-refractivity contribution in [3.63, 3.8) is 0 Å². The van der Waals surface area contributed by atoms with E-state index in [2.05, 4.69) is 5.10 Å². The first kappa shape index (κ1) is 14.6. The molecule has 1 aliphatic heterocycles. The summed E-state index contributed by atoms with van der Waals surface area (Å²) in [4.78, 5) is 25.1. The van der Waals surface area contributed by atoms with E-state index in [1.165, 1.54) is 4.90 Å². The lowest BCUT2D eigenvalue weighted by Crippen LogP contribution is -2.50. The maximum atomic E-state index is 12.3. The average Bonchev–Trinajstić information content (AvgIpc) is 2.90. The molecular formula is C14H21N3O3. The Kier molecular flexibility index (Phi) is 3.83. The number of carbonyl (C=O) groups is 2. The highest BCUT2D eigenvalue weighted by molar-refractivity contribution is 5.87. The second kappa shape index (κ2) is 5.26. The van der Waals surface area contributed by atoms with Crippen molar-refractivity contribution in [1.82, 2.24) is 14.7 Å². The largest absolute Gasteiger partial charge is 0.480 e. The van der Waals surface area contributed by atoms with Gasteiger partial charge >= 0.3 is 5.97 Å². The van der Waals surface area contributed by atoms with Gasteiger partial charge in [0.15, 0.2) is 0 Å². The molecule has 110 valence electrons. The second-order valence-corrected chi connectivity index (χ2v) is 5.63. The molecule has 0 saturated carbocycles. The van der Waals surface area contributed by atoms with Crippen LogP contribution in [0.25, 0.3) is 0 Å². The molecule has 2 rings (SSSR count). The first-order chi connectivity index (χ1) is 9.34. The van der Waals surface area contributed by atoms with E-state index in [9.17, 15) is 14.7 Å². The van der Waals surface area contributed by atoms with Gasteiger partial charge in [0, 0.05) is 25.2 Å². The van der Waals surface area contributed by atoms with Gasteiger partial charge in [-0.3, -0.25) is 9.48 Å². The van der Waals surface area contributed by atoms with Crippen LogP contribution < -0.4 is 0 Å². The zero-order chi connectivity index (χ0) is 14.9. The van der Waals surface area contributed by atoms with Crippen LogP contribution in [0.1, 0.15) is 37.6 Å². The zero-order valence-corrected chi connectivity index (χ0v) is 12.2. The van der Waals surface area contributed by atoms with Crippen LogP contribution in [0, 0.1) is 13.8 Å². The molecule has 0 aliphatic carbocycles. The van der Waals surface area contributed by atoms with Gasteiger partial charge < -0.3 is 10.0 Å². The molecule has 1 N–H and O–H groups in total. The first-order valence-corrected chi connectivity index (χ1v) is 6.89. The predicted octanol–water partition coefficient (Wildman–Crippen LogP) is 1.36. The van der Waals surface area contributed by atoms with Crippen molar-refractivity contribution in [2.24, 2.45) is 0 Å². The molecule has 1 unspecified atom stereocenters. The third kappa shape index (κ3) is 2.55. The van der Waals surface area contributed by atoms with Gasteiger partial charge in [-0.25, -0.2) is 4.79 Å². The third-order valence-corrected chi connectivity index (χ3v) is 4.04. The summed E-state index contributed by atoms with van der Waals surface area (Å²) in [7, 11) is 0. The average molecular weight is 279 g/mol. The third-order valence-electron chi connectivity index (χ3n) is 4.04. The highest BCUT2D eigenvalue weighted by Crippen LogP contribution is 2.29. The molecule has 1 aromatic rings. The van der Waals surface area contributed by atoms with E-state index in [4.69, 9.17) is 0 Å². The maximum Gasteiger partial charge on any atom is 0.329 e. The Balaban J connectivity index is 2.02.